The van der Waals surface area contributed by atoms with Gasteiger partial charge in [-0.3, -0.25) is 0 Å². The van der Waals surface area contributed by atoms with E-state index in [-0.39, 0.29) is 24.0 Å². The van der Waals surface area contributed by atoms with Gasteiger partial charge < -0.3 is 10.2 Å². The number of benzene rings is 1. The molecule has 1 aliphatic rings. The number of carbonyl (C=O) groups excluding carboxylic acids is 1. The third-order valence-corrected chi connectivity index (χ3v) is 7.25. The van der Waals surface area contributed by atoms with Crippen LogP contribution in [-0.2, 0) is 16.6 Å². The molecular formula is C17H20FN3O3S2. The summed E-state index contributed by atoms with van der Waals surface area (Å²) in [5.41, 5.74) is 1.14. The maximum atomic E-state index is 13.3. The second-order valence-corrected chi connectivity index (χ2v) is 8.97. The first-order chi connectivity index (χ1) is 12.4. The summed E-state index contributed by atoms with van der Waals surface area (Å²) in [6, 6.07) is 6.76. The fourth-order valence-electron chi connectivity index (χ4n) is 2.76. The van der Waals surface area contributed by atoms with Crippen LogP contribution in [-0.4, -0.2) is 49.8 Å². The molecule has 26 heavy (non-hydrogen) atoms. The molecular weight excluding hydrogens is 377 g/mol. The van der Waals surface area contributed by atoms with Gasteiger partial charge in [-0.25, -0.2) is 17.6 Å². The number of hydrogen-bond donors (Lipinski definition) is 1. The number of thiophene rings is 1. The molecule has 3 rings (SSSR count). The average molecular weight is 397 g/mol. The monoisotopic (exact) mass is 397 g/mol. The van der Waals surface area contributed by atoms with Crippen molar-refractivity contribution in [2.45, 2.75) is 18.4 Å². The molecule has 1 fully saturated rings. The van der Waals surface area contributed by atoms with Gasteiger partial charge in [0.25, 0.3) is 0 Å². The highest BCUT2D eigenvalue weighted by atomic mass is 32.2. The fourth-order valence-corrected chi connectivity index (χ4v) is 5.06. The van der Waals surface area contributed by atoms with Crippen LogP contribution in [0.2, 0.25) is 0 Å². The summed E-state index contributed by atoms with van der Waals surface area (Å²) in [6.45, 7) is 3.42. The van der Waals surface area contributed by atoms with Gasteiger partial charge in [0, 0.05) is 31.1 Å². The highest BCUT2D eigenvalue weighted by Crippen LogP contribution is 2.19. The van der Waals surface area contributed by atoms with Gasteiger partial charge in [-0.15, -0.1) is 11.3 Å². The summed E-state index contributed by atoms with van der Waals surface area (Å²) in [6.07, 6.45) is 0. The number of piperazine rings is 1. The van der Waals surface area contributed by atoms with E-state index >= 15 is 0 Å². The zero-order valence-corrected chi connectivity index (χ0v) is 15.9. The molecule has 2 aromatic rings. The maximum Gasteiger partial charge on any atom is 0.317 e. The lowest BCUT2D eigenvalue weighted by molar-refractivity contribution is 0.172. The molecule has 0 aliphatic carbocycles. The van der Waals surface area contributed by atoms with Gasteiger partial charge in [0.2, 0.25) is 10.0 Å². The first kappa shape index (κ1) is 18.8. The van der Waals surface area contributed by atoms with Crippen molar-refractivity contribution in [3.8, 4) is 0 Å². The van der Waals surface area contributed by atoms with Gasteiger partial charge in [0.05, 0.1) is 11.4 Å². The Bertz CT molecular complexity index is 890. The quantitative estimate of drug-likeness (QED) is 0.861. The Balaban J connectivity index is 1.57. The van der Waals surface area contributed by atoms with Crippen LogP contribution in [0.3, 0.4) is 0 Å². The van der Waals surface area contributed by atoms with Crippen LogP contribution in [0.1, 0.15) is 10.4 Å². The lowest BCUT2D eigenvalue weighted by Gasteiger charge is -2.34. The first-order valence-electron chi connectivity index (χ1n) is 8.19. The minimum atomic E-state index is -3.75. The number of urea groups is 1. The molecule has 0 unspecified atom stereocenters. The third-order valence-electron chi connectivity index (χ3n) is 4.33. The number of carbonyl (C=O) groups is 1. The van der Waals surface area contributed by atoms with Gasteiger partial charge in [0.1, 0.15) is 5.82 Å². The molecule has 1 aliphatic heterocycles. The van der Waals surface area contributed by atoms with Crippen LogP contribution in [0.4, 0.5) is 9.18 Å². The molecule has 2 amide bonds. The van der Waals surface area contributed by atoms with Gasteiger partial charge in [-0.2, -0.15) is 4.31 Å². The van der Waals surface area contributed by atoms with Crippen LogP contribution >= 0.6 is 11.3 Å². The molecule has 9 heteroatoms. The normalized spacial score (nSPS) is 15.8. The van der Waals surface area contributed by atoms with Crippen molar-refractivity contribution in [2.75, 3.05) is 26.2 Å². The average Bonchev–Trinajstić information content (AvgIpc) is 3.05. The van der Waals surface area contributed by atoms with E-state index in [1.54, 1.807) is 16.2 Å². The minimum absolute atomic E-state index is 0.0661. The number of rotatable bonds is 4. The zero-order chi connectivity index (χ0) is 18.7. The largest absolute Gasteiger partial charge is 0.333 e. The predicted octanol–water partition coefficient (Wildman–Crippen LogP) is 2.41. The summed E-state index contributed by atoms with van der Waals surface area (Å²) in [5.74, 6) is -0.590. The molecule has 140 valence electrons. The fraction of sp³-hybridized carbons (Fsp3) is 0.353. The number of aryl methyl sites for hydroxylation is 1. The standard InChI is InChI=1S/C17H20FN3O3S2/c1-13-5-10-25-16(13)12-19-17(22)20-6-8-21(9-7-20)26(23,24)15-4-2-3-14(18)11-15/h2-5,10-11H,6-9,12H2,1H3,(H,19,22). The minimum Gasteiger partial charge on any atom is -0.333 e. The second kappa shape index (κ2) is 7.73. The Labute approximate surface area is 156 Å². The number of nitrogens with one attached hydrogen (secondary N) is 1. The van der Waals surface area contributed by atoms with Crippen molar-refractivity contribution in [3.05, 3.63) is 52.0 Å². The first-order valence-corrected chi connectivity index (χ1v) is 10.5. The van der Waals surface area contributed by atoms with Crippen molar-refractivity contribution in [1.29, 1.82) is 0 Å². The van der Waals surface area contributed by atoms with E-state index in [0.717, 1.165) is 16.5 Å². The molecule has 1 aromatic carbocycles. The SMILES string of the molecule is Cc1ccsc1CNC(=O)N1CCN(S(=O)(=O)c2cccc(F)c2)CC1. The van der Waals surface area contributed by atoms with E-state index < -0.39 is 15.8 Å². The van der Waals surface area contributed by atoms with E-state index in [2.05, 4.69) is 5.32 Å². The number of hydrogen-bond acceptors (Lipinski definition) is 4. The molecule has 2 heterocycles. The van der Waals surface area contributed by atoms with Gasteiger partial charge >= 0.3 is 6.03 Å². The van der Waals surface area contributed by atoms with Gasteiger partial charge in [0.15, 0.2) is 0 Å². The van der Waals surface area contributed by atoms with Crippen molar-refractivity contribution in [1.82, 2.24) is 14.5 Å². The lowest BCUT2D eigenvalue weighted by atomic mass is 10.3. The Morgan fingerprint density at radius 1 is 1.23 bits per heavy atom. The molecule has 1 aromatic heterocycles. The van der Waals surface area contributed by atoms with E-state index in [0.29, 0.717) is 19.6 Å². The van der Waals surface area contributed by atoms with E-state index in [1.165, 1.54) is 22.5 Å². The Kier molecular flexibility index (Phi) is 5.59. The van der Waals surface area contributed by atoms with Crippen LogP contribution in [0.25, 0.3) is 0 Å². The zero-order valence-electron chi connectivity index (χ0n) is 14.3. The topological polar surface area (TPSA) is 69.7 Å². The van der Waals surface area contributed by atoms with Crippen molar-refractivity contribution >= 4 is 27.4 Å². The van der Waals surface area contributed by atoms with Crippen LogP contribution in [0.5, 0.6) is 0 Å². The third kappa shape index (κ3) is 4.05. The molecule has 1 N–H and O–H groups in total. The number of amides is 2. The predicted molar refractivity (Wildman–Crippen MR) is 98.0 cm³/mol. The Morgan fingerprint density at radius 2 is 1.96 bits per heavy atom. The van der Waals surface area contributed by atoms with Crippen molar-refractivity contribution in [2.24, 2.45) is 0 Å². The van der Waals surface area contributed by atoms with Gasteiger partial charge in [-0.1, -0.05) is 6.07 Å². The molecule has 6 nitrogen and oxygen atoms in total. The highest BCUT2D eigenvalue weighted by molar-refractivity contribution is 7.89. The summed E-state index contributed by atoms with van der Waals surface area (Å²) < 4.78 is 39.8. The summed E-state index contributed by atoms with van der Waals surface area (Å²) in [4.78, 5) is 14.9. The smallest absolute Gasteiger partial charge is 0.317 e. The molecule has 0 atom stereocenters. The Morgan fingerprint density at radius 3 is 2.58 bits per heavy atom. The van der Waals surface area contributed by atoms with E-state index in [4.69, 9.17) is 0 Å². The summed E-state index contributed by atoms with van der Waals surface area (Å²) in [7, 11) is -3.75. The summed E-state index contributed by atoms with van der Waals surface area (Å²) in [5, 5.41) is 4.85. The second-order valence-electron chi connectivity index (χ2n) is 6.03. The molecule has 0 spiro atoms. The van der Waals surface area contributed by atoms with E-state index in [9.17, 15) is 17.6 Å². The number of nitrogens with zero attached hydrogens (tertiary/aromatic N) is 2. The van der Waals surface area contributed by atoms with Crippen LogP contribution in [0.15, 0.2) is 40.6 Å². The summed E-state index contributed by atoms with van der Waals surface area (Å²) >= 11 is 1.59. The van der Waals surface area contributed by atoms with Crippen LogP contribution < -0.4 is 5.32 Å². The molecule has 0 saturated carbocycles. The Hall–Kier alpha value is -1.97. The maximum absolute atomic E-state index is 13.3. The van der Waals surface area contributed by atoms with Crippen LogP contribution in [0, 0.1) is 12.7 Å². The highest BCUT2D eigenvalue weighted by Gasteiger charge is 2.30. The molecule has 0 bridgehead atoms. The lowest BCUT2D eigenvalue weighted by Crippen LogP contribution is -2.52. The van der Waals surface area contributed by atoms with Gasteiger partial charge in [-0.05, 0) is 42.1 Å². The molecule has 1 saturated heterocycles. The van der Waals surface area contributed by atoms with Crippen molar-refractivity contribution < 1.29 is 17.6 Å². The number of halogens is 1. The number of sulfonamides is 1. The van der Waals surface area contributed by atoms with Crippen molar-refractivity contribution in [3.63, 3.8) is 0 Å². The molecule has 0 radical (unpaired) electrons. The van der Waals surface area contributed by atoms with E-state index in [1.807, 2.05) is 18.4 Å².